The van der Waals surface area contributed by atoms with Crippen LogP contribution in [0, 0.1) is 0 Å². The number of hydrogen-bond donors (Lipinski definition) is 0. The zero-order chi connectivity index (χ0) is 15.2. The second-order valence-corrected chi connectivity index (χ2v) is 6.12. The van der Waals surface area contributed by atoms with E-state index in [0.29, 0.717) is 0 Å². The van der Waals surface area contributed by atoms with Crippen LogP contribution < -0.4 is 0 Å². The molecule has 22 heavy (non-hydrogen) atoms. The Bertz CT molecular complexity index is 714. The summed E-state index contributed by atoms with van der Waals surface area (Å²) in [4.78, 5) is 0. The molecular weight excluding hydrogens is 332 g/mol. The Kier molecular flexibility index (Phi) is 5.07. The van der Waals surface area contributed by atoms with Crippen molar-refractivity contribution in [2.45, 2.75) is 18.2 Å². The van der Waals surface area contributed by atoms with Gasteiger partial charge in [-0.2, -0.15) is 0 Å². The Labute approximate surface area is 141 Å². The van der Waals surface area contributed by atoms with E-state index in [0.717, 1.165) is 18.2 Å². The third kappa shape index (κ3) is 3.86. The first-order chi connectivity index (χ1) is 10.8. The molecule has 0 N–H and O–H groups in total. The number of hydrogen-bond acceptors (Lipinski definition) is 0. The smallest absolute Gasteiger partial charge is 0.0285 e. The topological polar surface area (TPSA) is 0 Å². The summed E-state index contributed by atoms with van der Waals surface area (Å²) in [5, 5.41) is 0.912. The van der Waals surface area contributed by atoms with Gasteiger partial charge in [-0.05, 0) is 40.7 Å². The summed E-state index contributed by atoms with van der Waals surface area (Å²) in [6.45, 7) is 0. The monoisotopic (exact) mass is 350 g/mol. The van der Waals surface area contributed by atoms with E-state index in [1.54, 1.807) is 0 Å². The molecule has 0 nitrogen and oxygen atoms in total. The molecule has 1 heteroatoms. The maximum Gasteiger partial charge on any atom is 0.0285 e. The highest BCUT2D eigenvalue weighted by atomic mass is 79.9. The molecular formula is C21H19Br. The molecule has 110 valence electrons. The van der Waals surface area contributed by atoms with Gasteiger partial charge in [0.2, 0.25) is 0 Å². The molecule has 0 amide bonds. The lowest BCUT2D eigenvalue weighted by Gasteiger charge is -2.08. The van der Waals surface area contributed by atoms with Gasteiger partial charge in [-0.25, -0.2) is 0 Å². The van der Waals surface area contributed by atoms with Crippen molar-refractivity contribution in [3.8, 4) is 0 Å². The zero-order valence-electron chi connectivity index (χ0n) is 12.5. The lowest BCUT2D eigenvalue weighted by atomic mass is 9.98. The molecule has 0 unspecified atom stereocenters. The van der Waals surface area contributed by atoms with E-state index < -0.39 is 0 Å². The van der Waals surface area contributed by atoms with Gasteiger partial charge in [-0.3, -0.25) is 0 Å². The van der Waals surface area contributed by atoms with E-state index in [1.165, 1.54) is 27.8 Å². The minimum atomic E-state index is 0.912. The Balaban J connectivity index is 1.72. The van der Waals surface area contributed by atoms with Crippen LogP contribution >= 0.6 is 15.9 Å². The molecule has 0 aliphatic carbocycles. The maximum atomic E-state index is 3.57. The van der Waals surface area contributed by atoms with E-state index in [-0.39, 0.29) is 0 Å². The Hall–Kier alpha value is -1.86. The molecule has 0 aliphatic rings. The van der Waals surface area contributed by atoms with Crippen molar-refractivity contribution in [3.63, 3.8) is 0 Å². The normalized spacial score (nSPS) is 10.6. The van der Waals surface area contributed by atoms with Crippen molar-refractivity contribution in [1.82, 2.24) is 0 Å². The molecule has 3 aromatic carbocycles. The fourth-order valence-electron chi connectivity index (χ4n) is 2.69. The number of halogens is 1. The third-order valence-electron chi connectivity index (χ3n) is 3.93. The molecule has 0 bridgehead atoms. The van der Waals surface area contributed by atoms with E-state index >= 15 is 0 Å². The van der Waals surface area contributed by atoms with Crippen LogP contribution in [0.25, 0.3) is 0 Å². The zero-order valence-corrected chi connectivity index (χ0v) is 14.1. The van der Waals surface area contributed by atoms with Crippen molar-refractivity contribution in [3.05, 3.63) is 107 Å². The van der Waals surface area contributed by atoms with Gasteiger partial charge in [-0.15, -0.1) is 0 Å². The molecule has 0 fully saturated rings. The first-order valence-corrected chi connectivity index (χ1v) is 8.72. The maximum absolute atomic E-state index is 3.57. The average molecular weight is 351 g/mol. The second-order valence-electron chi connectivity index (χ2n) is 5.56. The first-order valence-electron chi connectivity index (χ1n) is 7.59. The molecule has 0 saturated heterocycles. The van der Waals surface area contributed by atoms with Gasteiger partial charge in [0.25, 0.3) is 0 Å². The lowest BCUT2D eigenvalue weighted by Crippen LogP contribution is -1.94. The van der Waals surface area contributed by atoms with Crippen molar-refractivity contribution in [2.75, 3.05) is 0 Å². The van der Waals surface area contributed by atoms with Crippen LogP contribution in [-0.4, -0.2) is 0 Å². The SMILES string of the molecule is BrCc1ccccc1Cc1ccc(Cc2ccccc2)cc1. The molecule has 0 heterocycles. The standard InChI is InChI=1S/C21H19Br/c22-16-21-9-5-4-8-20(21)15-19-12-10-18(11-13-19)14-17-6-2-1-3-7-17/h1-13H,14-16H2. The Morgan fingerprint density at radius 2 is 1.00 bits per heavy atom. The molecule has 3 rings (SSSR count). The predicted octanol–water partition coefficient (Wildman–Crippen LogP) is 5.76. The number of alkyl halides is 1. The van der Waals surface area contributed by atoms with E-state index in [2.05, 4.69) is 94.8 Å². The second kappa shape index (κ2) is 7.42. The van der Waals surface area contributed by atoms with Gasteiger partial charge in [0.1, 0.15) is 0 Å². The summed E-state index contributed by atoms with van der Waals surface area (Å²) in [5.41, 5.74) is 6.86. The highest BCUT2D eigenvalue weighted by Crippen LogP contribution is 2.18. The van der Waals surface area contributed by atoms with Crippen LogP contribution in [0.2, 0.25) is 0 Å². The fraction of sp³-hybridized carbons (Fsp3) is 0.143. The lowest BCUT2D eigenvalue weighted by molar-refractivity contribution is 1.13. The van der Waals surface area contributed by atoms with Crippen LogP contribution in [0.1, 0.15) is 27.8 Å². The molecule has 0 spiro atoms. The van der Waals surface area contributed by atoms with Gasteiger partial charge in [0.05, 0.1) is 0 Å². The minimum absolute atomic E-state index is 0.912. The van der Waals surface area contributed by atoms with E-state index in [1.807, 2.05) is 0 Å². The molecule has 3 aromatic rings. The summed E-state index contributed by atoms with van der Waals surface area (Å²) >= 11 is 3.57. The fourth-order valence-corrected chi connectivity index (χ4v) is 3.23. The summed E-state index contributed by atoms with van der Waals surface area (Å²) in [5.74, 6) is 0. The van der Waals surface area contributed by atoms with E-state index in [9.17, 15) is 0 Å². The van der Waals surface area contributed by atoms with Gasteiger partial charge in [-0.1, -0.05) is 94.8 Å². The van der Waals surface area contributed by atoms with Crippen molar-refractivity contribution in [2.24, 2.45) is 0 Å². The quantitative estimate of drug-likeness (QED) is 0.513. The third-order valence-corrected chi connectivity index (χ3v) is 4.54. The van der Waals surface area contributed by atoms with Gasteiger partial charge >= 0.3 is 0 Å². The molecule has 0 radical (unpaired) electrons. The first kappa shape index (κ1) is 15.1. The molecule has 0 aromatic heterocycles. The summed E-state index contributed by atoms with van der Waals surface area (Å²) < 4.78 is 0. The van der Waals surface area contributed by atoms with Crippen molar-refractivity contribution < 1.29 is 0 Å². The minimum Gasteiger partial charge on any atom is -0.0876 e. The molecule has 0 saturated carbocycles. The highest BCUT2D eigenvalue weighted by Gasteiger charge is 2.02. The van der Waals surface area contributed by atoms with Gasteiger partial charge in [0, 0.05) is 5.33 Å². The van der Waals surface area contributed by atoms with Gasteiger partial charge in [0.15, 0.2) is 0 Å². The Morgan fingerprint density at radius 1 is 0.500 bits per heavy atom. The van der Waals surface area contributed by atoms with Crippen molar-refractivity contribution >= 4 is 15.9 Å². The molecule has 0 atom stereocenters. The summed E-state index contributed by atoms with van der Waals surface area (Å²) in [7, 11) is 0. The highest BCUT2D eigenvalue weighted by molar-refractivity contribution is 9.08. The van der Waals surface area contributed by atoms with Crippen molar-refractivity contribution in [1.29, 1.82) is 0 Å². The number of benzene rings is 3. The predicted molar refractivity (Wildman–Crippen MR) is 97.6 cm³/mol. The van der Waals surface area contributed by atoms with Crippen LogP contribution in [0.15, 0.2) is 78.9 Å². The largest absolute Gasteiger partial charge is 0.0876 e. The number of rotatable bonds is 5. The molecule has 0 aliphatic heterocycles. The summed E-state index contributed by atoms with van der Waals surface area (Å²) in [6.07, 6.45) is 1.99. The average Bonchev–Trinajstić information content (AvgIpc) is 2.58. The van der Waals surface area contributed by atoms with Gasteiger partial charge < -0.3 is 0 Å². The van der Waals surface area contributed by atoms with Crippen LogP contribution in [0.5, 0.6) is 0 Å². The van der Waals surface area contributed by atoms with Crippen LogP contribution in [-0.2, 0) is 18.2 Å². The van der Waals surface area contributed by atoms with E-state index in [4.69, 9.17) is 0 Å². The Morgan fingerprint density at radius 3 is 1.64 bits per heavy atom. The van der Waals surface area contributed by atoms with Crippen LogP contribution in [0.3, 0.4) is 0 Å². The van der Waals surface area contributed by atoms with Crippen LogP contribution in [0.4, 0.5) is 0 Å². The summed E-state index contributed by atoms with van der Waals surface area (Å²) in [6, 6.07) is 28.2.